The van der Waals surface area contributed by atoms with Crippen LogP contribution in [0.3, 0.4) is 0 Å². The average molecular weight is 491 g/mol. The number of hydrogen-bond donors (Lipinski definition) is 2. The van der Waals surface area contributed by atoms with Gasteiger partial charge >= 0.3 is 6.01 Å². The number of aryl methyl sites for hydroxylation is 1. The summed E-state index contributed by atoms with van der Waals surface area (Å²) in [6.07, 6.45) is 1.32. The number of nitrogen functional groups attached to an aromatic ring is 1. The van der Waals surface area contributed by atoms with E-state index in [0.29, 0.717) is 46.5 Å². The number of anilines is 1. The van der Waals surface area contributed by atoms with Crippen LogP contribution in [-0.2, 0) is 15.1 Å². The Labute approximate surface area is 207 Å². The summed E-state index contributed by atoms with van der Waals surface area (Å²) in [7, 11) is 0. The summed E-state index contributed by atoms with van der Waals surface area (Å²) in [5.41, 5.74) is 6.70. The number of nitrogens with zero attached hydrogens (tertiary/aromatic N) is 5. The number of ether oxygens (including phenoxy) is 3. The molecular formula is C25H26N6O5. The predicted octanol–water partition coefficient (Wildman–Crippen LogP) is 2.48. The summed E-state index contributed by atoms with van der Waals surface area (Å²) in [5.74, 6) is 6.41. The van der Waals surface area contributed by atoms with Crippen LogP contribution in [0.15, 0.2) is 41.1 Å². The summed E-state index contributed by atoms with van der Waals surface area (Å²) in [5, 5.41) is 14.6. The molecule has 0 aliphatic carbocycles. The van der Waals surface area contributed by atoms with E-state index in [-0.39, 0.29) is 18.7 Å². The number of fused-ring (bicyclic) bond motifs is 1. The molecule has 1 aromatic carbocycles. The Morgan fingerprint density at radius 1 is 1.28 bits per heavy atom. The molecule has 1 aliphatic rings. The van der Waals surface area contributed by atoms with Gasteiger partial charge in [-0.1, -0.05) is 17.0 Å². The number of hydrogen-bond acceptors (Lipinski definition) is 10. The van der Waals surface area contributed by atoms with Crippen LogP contribution in [0.25, 0.3) is 16.9 Å². The monoisotopic (exact) mass is 490 g/mol. The molecule has 1 fully saturated rings. The van der Waals surface area contributed by atoms with E-state index in [1.54, 1.807) is 36.7 Å². The maximum Gasteiger partial charge on any atom is 0.303 e. The van der Waals surface area contributed by atoms with E-state index in [0.717, 1.165) is 0 Å². The van der Waals surface area contributed by atoms with E-state index in [1.807, 2.05) is 32.0 Å². The molecule has 4 heterocycles. The third-order valence-electron chi connectivity index (χ3n) is 5.55. The highest BCUT2D eigenvalue weighted by Gasteiger charge is 2.33. The summed E-state index contributed by atoms with van der Waals surface area (Å²) in [4.78, 5) is 13.0. The highest BCUT2D eigenvalue weighted by atomic mass is 16.7. The molecule has 11 nitrogen and oxygen atoms in total. The van der Waals surface area contributed by atoms with Crippen LogP contribution in [0.1, 0.15) is 37.8 Å². The zero-order valence-electron chi connectivity index (χ0n) is 20.3. The lowest BCUT2D eigenvalue weighted by molar-refractivity contribution is -0.141. The molecule has 3 aromatic heterocycles. The lowest BCUT2D eigenvalue weighted by Crippen LogP contribution is -2.25. The van der Waals surface area contributed by atoms with E-state index in [4.69, 9.17) is 24.5 Å². The maximum absolute atomic E-state index is 10.8. The van der Waals surface area contributed by atoms with Crippen LogP contribution in [0, 0.1) is 18.8 Å². The first-order valence-corrected chi connectivity index (χ1v) is 11.3. The first-order valence-electron chi connectivity index (χ1n) is 11.3. The van der Waals surface area contributed by atoms with Gasteiger partial charge in [0.05, 0.1) is 17.6 Å². The number of imidazole rings is 1. The zero-order chi connectivity index (χ0) is 25.5. The Kier molecular flexibility index (Phi) is 5.88. The Balaban J connectivity index is 1.51. The topological polar surface area (TPSA) is 144 Å². The average Bonchev–Trinajstić information content (AvgIpc) is 3.52. The van der Waals surface area contributed by atoms with Gasteiger partial charge in [0.25, 0.3) is 0 Å². The lowest BCUT2D eigenvalue weighted by atomic mass is 10.0. The summed E-state index contributed by atoms with van der Waals surface area (Å²) in [6.45, 7) is 7.68. The fourth-order valence-corrected chi connectivity index (χ4v) is 3.80. The quantitative estimate of drug-likeness (QED) is 0.400. The maximum atomic E-state index is 10.8. The van der Waals surface area contributed by atoms with Crippen molar-refractivity contribution in [3.05, 3.63) is 53.5 Å². The number of nitrogens with two attached hydrogens (primary N) is 1. The molecule has 11 heteroatoms. The van der Waals surface area contributed by atoms with E-state index in [9.17, 15) is 5.11 Å². The second-order valence-electron chi connectivity index (χ2n) is 9.11. The van der Waals surface area contributed by atoms with Gasteiger partial charge in [0, 0.05) is 23.9 Å². The summed E-state index contributed by atoms with van der Waals surface area (Å²) in [6, 6.07) is 9.13. The van der Waals surface area contributed by atoms with Crippen LogP contribution in [0.2, 0.25) is 0 Å². The highest BCUT2D eigenvalue weighted by molar-refractivity contribution is 5.80. The molecule has 5 rings (SSSR count). The van der Waals surface area contributed by atoms with Gasteiger partial charge in [0.2, 0.25) is 5.95 Å². The van der Waals surface area contributed by atoms with Crippen molar-refractivity contribution in [3.63, 3.8) is 0 Å². The number of benzene rings is 1. The largest absolute Gasteiger partial charge is 0.462 e. The molecule has 4 aromatic rings. The fourth-order valence-electron chi connectivity index (χ4n) is 3.80. The molecule has 2 unspecified atom stereocenters. The highest BCUT2D eigenvalue weighted by Crippen LogP contribution is 2.28. The van der Waals surface area contributed by atoms with Crippen LogP contribution in [-0.4, -0.2) is 54.9 Å². The van der Waals surface area contributed by atoms with E-state index in [1.165, 1.54) is 0 Å². The Bertz CT molecular complexity index is 1480. The minimum atomic E-state index is -1.49. The van der Waals surface area contributed by atoms with E-state index in [2.05, 4.69) is 31.9 Å². The van der Waals surface area contributed by atoms with Crippen molar-refractivity contribution in [2.24, 2.45) is 0 Å². The Morgan fingerprint density at radius 3 is 2.81 bits per heavy atom. The second kappa shape index (κ2) is 8.91. The number of aliphatic hydroxyl groups is 1. The van der Waals surface area contributed by atoms with Gasteiger partial charge in [-0.3, -0.25) is 0 Å². The van der Waals surface area contributed by atoms with E-state index >= 15 is 0 Å². The molecule has 186 valence electrons. The SMILES string of the molecule is Cc1cc(C(C)(O)C#Cc2ccc3nc(OCC4COC(C)(C)O4)n(-c4ccnc(N)n4)c3c2)no1. The van der Waals surface area contributed by atoms with Gasteiger partial charge in [-0.25, -0.2) is 9.55 Å². The molecule has 36 heavy (non-hydrogen) atoms. The zero-order valence-corrected chi connectivity index (χ0v) is 20.3. The standard InChI is InChI=1S/C25H26N6O5/c1-15-11-20(30-36-15)25(4,32)9-7-16-5-6-18-19(12-16)31(21-8-10-27-22(26)29-21)23(28-18)33-13-17-14-34-24(2,3)35-17/h5-6,8,10-12,17,32H,13-14H2,1-4H3,(H2,26,27,29). The Hall–Kier alpha value is -3.98. The van der Waals surface area contributed by atoms with Gasteiger partial charge in [-0.05, 0) is 45.9 Å². The summed E-state index contributed by atoms with van der Waals surface area (Å²) < 4.78 is 24.3. The van der Waals surface area contributed by atoms with Crippen molar-refractivity contribution in [1.82, 2.24) is 24.7 Å². The second-order valence-corrected chi connectivity index (χ2v) is 9.11. The van der Waals surface area contributed by atoms with Crippen molar-refractivity contribution >= 4 is 17.0 Å². The van der Waals surface area contributed by atoms with Gasteiger partial charge in [0.1, 0.15) is 30.0 Å². The molecule has 0 bridgehead atoms. The van der Waals surface area contributed by atoms with E-state index < -0.39 is 11.4 Å². The van der Waals surface area contributed by atoms with Crippen LogP contribution in [0.5, 0.6) is 6.01 Å². The third-order valence-corrected chi connectivity index (χ3v) is 5.55. The molecule has 2 atom stereocenters. The van der Waals surface area contributed by atoms with Crippen molar-refractivity contribution < 1.29 is 23.8 Å². The van der Waals surface area contributed by atoms with Crippen molar-refractivity contribution in [1.29, 1.82) is 0 Å². The minimum Gasteiger partial charge on any atom is -0.462 e. The molecular weight excluding hydrogens is 464 g/mol. The Morgan fingerprint density at radius 2 is 2.11 bits per heavy atom. The molecule has 0 saturated carbocycles. The number of aromatic nitrogens is 5. The molecule has 0 spiro atoms. The lowest BCUT2D eigenvalue weighted by Gasteiger charge is -2.17. The van der Waals surface area contributed by atoms with Crippen molar-refractivity contribution in [3.8, 4) is 23.7 Å². The van der Waals surface area contributed by atoms with Crippen LogP contribution in [0.4, 0.5) is 5.95 Å². The third kappa shape index (κ3) is 4.87. The van der Waals surface area contributed by atoms with Gasteiger partial charge in [0.15, 0.2) is 11.4 Å². The van der Waals surface area contributed by atoms with Gasteiger partial charge in [-0.2, -0.15) is 9.97 Å². The minimum absolute atomic E-state index is 0.115. The first kappa shape index (κ1) is 23.7. The van der Waals surface area contributed by atoms with Crippen LogP contribution < -0.4 is 10.5 Å². The summed E-state index contributed by atoms with van der Waals surface area (Å²) >= 11 is 0. The molecule has 1 aliphatic heterocycles. The number of rotatable bonds is 5. The van der Waals surface area contributed by atoms with Crippen molar-refractivity contribution in [2.45, 2.75) is 45.2 Å². The first-order chi connectivity index (χ1) is 17.1. The smallest absolute Gasteiger partial charge is 0.303 e. The predicted molar refractivity (Wildman–Crippen MR) is 129 cm³/mol. The van der Waals surface area contributed by atoms with Crippen molar-refractivity contribution in [2.75, 3.05) is 18.9 Å². The normalized spacial score (nSPS) is 18.5. The van der Waals surface area contributed by atoms with Gasteiger partial charge < -0.3 is 29.6 Å². The molecule has 3 N–H and O–H groups in total. The molecule has 0 amide bonds. The van der Waals surface area contributed by atoms with Gasteiger partial charge in [-0.15, -0.1) is 0 Å². The fraction of sp³-hybridized carbons (Fsp3) is 0.360. The van der Waals surface area contributed by atoms with Crippen LogP contribution >= 0.6 is 0 Å². The molecule has 0 radical (unpaired) electrons. The molecule has 1 saturated heterocycles.